The van der Waals surface area contributed by atoms with E-state index >= 15 is 0 Å². The molecule has 0 radical (unpaired) electrons. The van der Waals surface area contributed by atoms with Gasteiger partial charge < -0.3 is 4.74 Å². The Morgan fingerprint density at radius 2 is 2.00 bits per heavy atom. The summed E-state index contributed by atoms with van der Waals surface area (Å²) in [5, 5.41) is 8.70. The molecule has 4 nitrogen and oxygen atoms in total. The third-order valence-electron chi connectivity index (χ3n) is 4.66. The number of hydrogen-bond acceptors (Lipinski definition) is 3. The highest BCUT2D eigenvalue weighted by atomic mass is 16.5. The van der Waals surface area contributed by atoms with Crippen molar-refractivity contribution >= 4 is 0 Å². The number of rotatable bonds is 3. The monoisotopic (exact) mass is 249 g/mol. The molecule has 0 aromatic carbocycles. The van der Waals surface area contributed by atoms with E-state index in [0.717, 1.165) is 37.2 Å². The van der Waals surface area contributed by atoms with Gasteiger partial charge in [0.05, 0.1) is 11.4 Å². The molecule has 2 aliphatic rings. The summed E-state index contributed by atoms with van der Waals surface area (Å²) in [7, 11) is 1.82. The van der Waals surface area contributed by atoms with Crippen LogP contribution < -0.4 is 0 Å². The second kappa shape index (κ2) is 4.65. The maximum Gasteiger partial charge on any atom is 0.0859 e. The second-order valence-electron chi connectivity index (χ2n) is 6.05. The number of methoxy groups -OCH3 is 1. The average Bonchev–Trinajstić information content (AvgIpc) is 2.79. The number of fused-ring (bicyclic) bond motifs is 2. The molecule has 4 heteroatoms. The molecule has 1 fully saturated rings. The van der Waals surface area contributed by atoms with Crippen LogP contribution in [0.4, 0.5) is 0 Å². The average molecular weight is 249 g/mol. The predicted octanol–water partition coefficient (Wildman–Crippen LogP) is 2.25. The Hall–Kier alpha value is -0.900. The van der Waals surface area contributed by atoms with Crippen LogP contribution in [0.25, 0.3) is 0 Å². The van der Waals surface area contributed by atoms with E-state index in [1.807, 2.05) is 7.11 Å². The van der Waals surface area contributed by atoms with Crippen LogP contribution in [-0.4, -0.2) is 28.7 Å². The van der Waals surface area contributed by atoms with Gasteiger partial charge in [-0.05, 0) is 57.3 Å². The Labute approximate surface area is 109 Å². The molecule has 0 N–H and O–H groups in total. The first-order valence-electron chi connectivity index (χ1n) is 7.14. The van der Waals surface area contributed by atoms with Crippen LogP contribution in [0, 0.1) is 17.8 Å². The minimum absolute atomic E-state index is 0.422. The molecule has 100 valence electrons. The van der Waals surface area contributed by atoms with E-state index in [4.69, 9.17) is 4.74 Å². The summed E-state index contributed by atoms with van der Waals surface area (Å²) in [6, 6.07) is 0.422. The van der Waals surface area contributed by atoms with E-state index in [1.54, 1.807) is 0 Å². The van der Waals surface area contributed by atoms with Gasteiger partial charge in [0.25, 0.3) is 0 Å². The Bertz CT molecular complexity index is 427. The van der Waals surface area contributed by atoms with E-state index in [0.29, 0.717) is 6.04 Å². The molecule has 2 aliphatic carbocycles. The van der Waals surface area contributed by atoms with Crippen molar-refractivity contribution in [2.24, 2.45) is 17.8 Å². The van der Waals surface area contributed by atoms with Gasteiger partial charge in [-0.2, -0.15) is 0 Å². The normalized spacial score (nSPS) is 30.6. The summed E-state index contributed by atoms with van der Waals surface area (Å²) >= 11 is 0. The van der Waals surface area contributed by atoms with Crippen molar-refractivity contribution in [3.63, 3.8) is 0 Å². The zero-order valence-corrected chi connectivity index (χ0v) is 11.6. The molecule has 0 bridgehead atoms. The largest absolute Gasteiger partial charge is 0.384 e. The molecule has 1 heterocycles. The van der Waals surface area contributed by atoms with E-state index in [2.05, 4.69) is 28.8 Å². The highest BCUT2D eigenvalue weighted by Gasteiger charge is 2.49. The molecule has 1 saturated carbocycles. The zero-order chi connectivity index (χ0) is 12.7. The Morgan fingerprint density at radius 3 is 2.67 bits per heavy atom. The molecule has 0 amide bonds. The Balaban J connectivity index is 1.75. The molecular formula is C14H23N3O. The maximum absolute atomic E-state index is 5.33. The van der Waals surface area contributed by atoms with Gasteiger partial charge in [-0.15, -0.1) is 5.10 Å². The fourth-order valence-electron chi connectivity index (χ4n) is 3.64. The van der Waals surface area contributed by atoms with E-state index < -0.39 is 0 Å². The van der Waals surface area contributed by atoms with Crippen LogP contribution in [-0.2, 0) is 17.6 Å². The smallest absolute Gasteiger partial charge is 0.0859 e. The zero-order valence-electron chi connectivity index (χ0n) is 11.6. The van der Waals surface area contributed by atoms with Crippen molar-refractivity contribution < 1.29 is 4.74 Å². The first-order valence-corrected chi connectivity index (χ1v) is 7.14. The van der Waals surface area contributed by atoms with Crippen LogP contribution in [0.3, 0.4) is 0 Å². The van der Waals surface area contributed by atoms with Gasteiger partial charge >= 0.3 is 0 Å². The Morgan fingerprint density at radius 1 is 1.28 bits per heavy atom. The molecule has 18 heavy (non-hydrogen) atoms. The van der Waals surface area contributed by atoms with E-state index in [1.165, 1.54) is 24.2 Å². The number of hydrogen-bond donors (Lipinski definition) is 0. The van der Waals surface area contributed by atoms with Crippen LogP contribution in [0.5, 0.6) is 0 Å². The van der Waals surface area contributed by atoms with Crippen LogP contribution >= 0.6 is 0 Å². The van der Waals surface area contributed by atoms with Crippen LogP contribution in [0.15, 0.2) is 0 Å². The van der Waals surface area contributed by atoms with Crippen molar-refractivity contribution in [3.05, 3.63) is 11.4 Å². The maximum atomic E-state index is 5.33. The van der Waals surface area contributed by atoms with Crippen molar-refractivity contribution in [1.82, 2.24) is 15.0 Å². The fourth-order valence-corrected chi connectivity index (χ4v) is 3.64. The van der Waals surface area contributed by atoms with E-state index in [-0.39, 0.29) is 0 Å². The molecular weight excluding hydrogens is 226 g/mol. The van der Waals surface area contributed by atoms with Crippen molar-refractivity contribution in [3.8, 4) is 0 Å². The molecule has 0 spiro atoms. The topological polar surface area (TPSA) is 39.9 Å². The van der Waals surface area contributed by atoms with Crippen LogP contribution in [0.1, 0.15) is 44.1 Å². The lowest BCUT2D eigenvalue weighted by atomic mass is 10.0. The molecule has 1 aromatic rings. The molecule has 3 atom stereocenters. The summed E-state index contributed by atoms with van der Waals surface area (Å²) in [6.45, 7) is 5.30. The van der Waals surface area contributed by atoms with Gasteiger partial charge in [0.15, 0.2) is 0 Å². The summed E-state index contributed by atoms with van der Waals surface area (Å²) in [6.07, 6.45) is 4.79. The van der Waals surface area contributed by atoms with Gasteiger partial charge in [0, 0.05) is 19.8 Å². The molecule has 0 saturated heterocycles. The van der Waals surface area contributed by atoms with Gasteiger partial charge in [-0.25, -0.2) is 4.68 Å². The van der Waals surface area contributed by atoms with Gasteiger partial charge in [0.2, 0.25) is 0 Å². The van der Waals surface area contributed by atoms with Crippen molar-refractivity contribution in [1.29, 1.82) is 0 Å². The fraction of sp³-hybridized carbons (Fsp3) is 0.857. The first-order chi connectivity index (χ1) is 8.72. The highest BCUT2D eigenvalue weighted by Crippen LogP contribution is 2.52. The van der Waals surface area contributed by atoms with Crippen molar-refractivity contribution in [2.75, 3.05) is 13.7 Å². The predicted molar refractivity (Wildman–Crippen MR) is 69.4 cm³/mol. The standard InChI is InChI=1S/C14H23N3O/c1-9(2)17-14-7-5-11-10(12(11)8-18-3)4-6-13(14)15-16-17/h9-12H,4-8H2,1-3H3/t10?,11?,12-/m0/s1. The molecule has 0 aliphatic heterocycles. The van der Waals surface area contributed by atoms with Gasteiger partial charge in [0.1, 0.15) is 0 Å². The third-order valence-corrected chi connectivity index (χ3v) is 4.66. The summed E-state index contributed by atoms with van der Waals surface area (Å²) in [4.78, 5) is 0. The summed E-state index contributed by atoms with van der Waals surface area (Å²) in [5.74, 6) is 2.57. The summed E-state index contributed by atoms with van der Waals surface area (Å²) < 4.78 is 7.44. The molecule has 3 rings (SSSR count). The van der Waals surface area contributed by atoms with Gasteiger partial charge in [-0.1, -0.05) is 5.21 Å². The lowest BCUT2D eigenvalue weighted by Gasteiger charge is -2.12. The lowest BCUT2D eigenvalue weighted by Crippen LogP contribution is -2.10. The highest BCUT2D eigenvalue weighted by molar-refractivity contribution is 5.15. The second-order valence-corrected chi connectivity index (χ2v) is 6.05. The Kier molecular flexibility index (Phi) is 3.14. The van der Waals surface area contributed by atoms with E-state index in [9.17, 15) is 0 Å². The summed E-state index contributed by atoms with van der Waals surface area (Å²) in [5.41, 5.74) is 2.62. The number of nitrogens with zero attached hydrogens (tertiary/aromatic N) is 3. The van der Waals surface area contributed by atoms with Crippen molar-refractivity contribution in [2.45, 2.75) is 45.6 Å². The van der Waals surface area contributed by atoms with Crippen LogP contribution in [0.2, 0.25) is 0 Å². The third kappa shape index (κ3) is 1.96. The number of aromatic nitrogens is 3. The number of ether oxygens (including phenoxy) is 1. The number of aryl methyl sites for hydroxylation is 1. The molecule has 2 unspecified atom stereocenters. The van der Waals surface area contributed by atoms with Gasteiger partial charge in [-0.3, -0.25) is 0 Å². The SMILES string of the molecule is COC[C@H]1C2CCc3nnn(C(C)C)c3CCC21. The minimum Gasteiger partial charge on any atom is -0.384 e. The minimum atomic E-state index is 0.422. The first kappa shape index (κ1) is 12.2. The lowest BCUT2D eigenvalue weighted by molar-refractivity contribution is 0.176. The molecule has 1 aromatic heterocycles. The quantitative estimate of drug-likeness (QED) is 0.825.